The van der Waals surface area contributed by atoms with Crippen LogP contribution in [-0.4, -0.2) is 35.8 Å². The van der Waals surface area contributed by atoms with Gasteiger partial charge in [-0.15, -0.1) is 0 Å². The van der Waals surface area contributed by atoms with Crippen LogP contribution in [-0.2, 0) is 0 Å². The smallest absolute Gasteiger partial charge is 0.203 e. The molecule has 1 N–H and O–H groups in total. The van der Waals surface area contributed by atoms with Crippen LogP contribution in [0.3, 0.4) is 0 Å². The van der Waals surface area contributed by atoms with Gasteiger partial charge >= 0.3 is 0 Å². The number of para-hydroxylation sites is 1. The molecular weight excluding hydrogens is 328 g/mol. The maximum absolute atomic E-state index is 13.0. The molecule has 3 aliphatic heterocycles. The summed E-state index contributed by atoms with van der Waals surface area (Å²) in [5.41, 5.74) is 2.16. The van der Waals surface area contributed by atoms with E-state index in [1.807, 2.05) is 41.3 Å². The van der Waals surface area contributed by atoms with Crippen LogP contribution in [0, 0.1) is 0 Å². The van der Waals surface area contributed by atoms with E-state index in [9.17, 15) is 9.59 Å². The summed E-state index contributed by atoms with van der Waals surface area (Å²) >= 11 is 0. The van der Waals surface area contributed by atoms with Crippen molar-refractivity contribution in [2.75, 3.05) is 13.1 Å². The molecular formula is C21H16N2O3. The highest BCUT2D eigenvalue weighted by Crippen LogP contribution is 2.38. The molecule has 2 aromatic rings. The minimum Gasteiger partial charge on any atom is -0.465 e. The first kappa shape index (κ1) is 15.0. The first-order chi connectivity index (χ1) is 12.7. The lowest BCUT2D eigenvalue weighted by Gasteiger charge is -2.38. The molecule has 0 amide bonds. The molecule has 0 radical (unpaired) electrons. The Morgan fingerprint density at radius 3 is 2.69 bits per heavy atom. The molecule has 3 heterocycles. The maximum atomic E-state index is 13.0. The normalized spacial score (nSPS) is 20.5. The third kappa shape index (κ3) is 2.10. The third-order valence-electron chi connectivity index (χ3n) is 4.95. The lowest BCUT2D eigenvalue weighted by atomic mass is 9.91. The molecule has 0 bridgehead atoms. The van der Waals surface area contributed by atoms with Crippen LogP contribution in [0.4, 0.5) is 0 Å². The molecule has 5 rings (SSSR count). The van der Waals surface area contributed by atoms with Gasteiger partial charge in [0.25, 0.3) is 0 Å². The minimum absolute atomic E-state index is 0.0823. The maximum Gasteiger partial charge on any atom is 0.203 e. The van der Waals surface area contributed by atoms with Gasteiger partial charge in [0.05, 0.1) is 16.7 Å². The third-order valence-corrected chi connectivity index (χ3v) is 4.95. The zero-order valence-corrected chi connectivity index (χ0v) is 13.9. The van der Waals surface area contributed by atoms with E-state index in [4.69, 9.17) is 4.74 Å². The molecule has 5 heteroatoms. The van der Waals surface area contributed by atoms with Crippen molar-refractivity contribution in [3.63, 3.8) is 0 Å². The Kier molecular flexibility index (Phi) is 3.22. The number of benzene rings is 2. The molecule has 3 aliphatic rings. The van der Waals surface area contributed by atoms with E-state index in [1.165, 1.54) is 0 Å². The highest BCUT2D eigenvalue weighted by atomic mass is 16.5. The van der Waals surface area contributed by atoms with Gasteiger partial charge in [0.1, 0.15) is 11.6 Å². The van der Waals surface area contributed by atoms with E-state index >= 15 is 0 Å². The Morgan fingerprint density at radius 2 is 1.85 bits per heavy atom. The van der Waals surface area contributed by atoms with Crippen molar-refractivity contribution < 1.29 is 14.3 Å². The number of nitrogens with one attached hydrogen (secondary N) is 1. The summed E-state index contributed by atoms with van der Waals surface area (Å²) in [4.78, 5) is 28.0. The molecule has 0 aromatic heterocycles. The van der Waals surface area contributed by atoms with Crippen molar-refractivity contribution in [2.24, 2.45) is 0 Å². The van der Waals surface area contributed by atoms with E-state index in [1.54, 1.807) is 24.3 Å². The summed E-state index contributed by atoms with van der Waals surface area (Å²) in [5.74, 6) is 1.14. The van der Waals surface area contributed by atoms with Gasteiger partial charge in [0, 0.05) is 18.7 Å². The second-order valence-corrected chi connectivity index (χ2v) is 6.47. The summed E-state index contributed by atoms with van der Waals surface area (Å²) in [6.45, 7) is 1.38. The number of hydrogen-bond acceptors (Lipinski definition) is 5. The van der Waals surface area contributed by atoms with Crippen molar-refractivity contribution in [3.8, 4) is 5.75 Å². The zero-order chi connectivity index (χ0) is 17.7. The van der Waals surface area contributed by atoms with Gasteiger partial charge in [-0.25, -0.2) is 0 Å². The second kappa shape index (κ2) is 5.59. The molecule has 5 nitrogen and oxygen atoms in total. The number of allylic oxidation sites excluding steroid dienone is 2. The highest BCUT2D eigenvalue weighted by molar-refractivity contribution is 6.16. The van der Waals surface area contributed by atoms with E-state index in [0.717, 1.165) is 5.82 Å². The summed E-state index contributed by atoms with van der Waals surface area (Å²) in [6.07, 6.45) is 1.21. The first-order valence-corrected chi connectivity index (χ1v) is 8.60. The molecule has 1 fully saturated rings. The van der Waals surface area contributed by atoms with Gasteiger partial charge < -0.3 is 15.0 Å². The minimum atomic E-state index is -0.491. The van der Waals surface area contributed by atoms with Crippen LogP contribution in [0.5, 0.6) is 5.75 Å². The lowest BCUT2D eigenvalue weighted by molar-refractivity contribution is 0.0664. The highest BCUT2D eigenvalue weighted by Gasteiger charge is 2.42. The first-order valence-electron chi connectivity index (χ1n) is 8.60. The van der Waals surface area contributed by atoms with Gasteiger partial charge in [-0.1, -0.05) is 42.5 Å². The molecule has 1 unspecified atom stereocenters. The Labute approximate surface area is 150 Å². The number of ketones is 2. The Bertz CT molecular complexity index is 991. The van der Waals surface area contributed by atoms with Crippen LogP contribution >= 0.6 is 0 Å². The molecule has 0 saturated carbocycles. The largest absolute Gasteiger partial charge is 0.465 e. The van der Waals surface area contributed by atoms with Gasteiger partial charge in [0.15, 0.2) is 11.6 Å². The average molecular weight is 344 g/mol. The number of carbonyl (C=O) groups excluding carboxylic acids is 2. The number of hydrogen-bond donors (Lipinski definition) is 1. The van der Waals surface area contributed by atoms with Crippen molar-refractivity contribution in [1.29, 1.82) is 0 Å². The van der Waals surface area contributed by atoms with Gasteiger partial charge in [-0.05, 0) is 18.2 Å². The van der Waals surface area contributed by atoms with E-state index < -0.39 is 6.23 Å². The van der Waals surface area contributed by atoms with Crippen LogP contribution in [0.2, 0.25) is 0 Å². The van der Waals surface area contributed by atoms with Crippen LogP contribution in [0.25, 0.3) is 0 Å². The average Bonchev–Trinajstić information content (AvgIpc) is 3.18. The fourth-order valence-electron chi connectivity index (χ4n) is 3.71. The predicted octanol–water partition coefficient (Wildman–Crippen LogP) is 2.53. The van der Waals surface area contributed by atoms with Crippen molar-refractivity contribution >= 4 is 11.6 Å². The molecule has 2 aromatic carbocycles. The Morgan fingerprint density at radius 1 is 1.08 bits per heavy atom. The zero-order valence-electron chi connectivity index (χ0n) is 13.9. The van der Waals surface area contributed by atoms with Crippen LogP contribution in [0.15, 0.2) is 77.6 Å². The van der Waals surface area contributed by atoms with Gasteiger partial charge in [0.2, 0.25) is 6.23 Å². The number of fused-ring (bicyclic) bond motifs is 4. The van der Waals surface area contributed by atoms with E-state index in [-0.39, 0.29) is 11.6 Å². The summed E-state index contributed by atoms with van der Waals surface area (Å²) in [5, 5.41) is 3.28. The van der Waals surface area contributed by atoms with Gasteiger partial charge in [-0.3, -0.25) is 9.59 Å². The second-order valence-electron chi connectivity index (χ2n) is 6.47. The Hall–Kier alpha value is -3.34. The SMILES string of the molecule is O=C(C1=C2NCCN2C2Oc3ccccc3C(=O)C2=C1)c1ccccc1. The fourth-order valence-corrected chi connectivity index (χ4v) is 3.71. The molecule has 26 heavy (non-hydrogen) atoms. The standard InChI is InChI=1S/C21H16N2O3/c24-18(13-6-2-1-3-7-13)15-12-16-19(25)14-8-4-5-9-17(14)26-21(16)23-11-10-22-20(15)23/h1-9,12,21-22H,10-11H2. The van der Waals surface area contributed by atoms with E-state index in [2.05, 4.69) is 5.32 Å². The molecule has 0 spiro atoms. The fraction of sp³-hybridized carbons (Fsp3) is 0.143. The number of carbonyl (C=O) groups is 2. The van der Waals surface area contributed by atoms with Gasteiger partial charge in [-0.2, -0.15) is 0 Å². The predicted molar refractivity (Wildman–Crippen MR) is 95.8 cm³/mol. The molecule has 128 valence electrons. The van der Waals surface area contributed by atoms with Crippen molar-refractivity contribution in [3.05, 3.63) is 88.8 Å². The number of ether oxygens (including phenoxy) is 1. The quantitative estimate of drug-likeness (QED) is 0.849. The van der Waals surface area contributed by atoms with Crippen molar-refractivity contribution in [2.45, 2.75) is 6.23 Å². The summed E-state index contributed by atoms with van der Waals surface area (Å²) < 4.78 is 6.11. The summed E-state index contributed by atoms with van der Waals surface area (Å²) in [7, 11) is 0. The number of nitrogens with zero attached hydrogens (tertiary/aromatic N) is 1. The number of Topliss-reactive ketones (excluding diaryl/α,β-unsaturated/α-hetero) is 2. The molecule has 0 aliphatic carbocycles. The monoisotopic (exact) mass is 344 g/mol. The lowest BCUT2D eigenvalue weighted by Crippen LogP contribution is -2.46. The number of rotatable bonds is 2. The topological polar surface area (TPSA) is 58.6 Å². The van der Waals surface area contributed by atoms with Crippen LogP contribution in [0.1, 0.15) is 20.7 Å². The Balaban J connectivity index is 1.64. The van der Waals surface area contributed by atoms with E-state index in [0.29, 0.717) is 41.1 Å². The van der Waals surface area contributed by atoms with Crippen LogP contribution < -0.4 is 10.1 Å². The molecule has 1 atom stereocenters. The van der Waals surface area contributed by atoms with Crippen molar-refractivity contribution in [1.82, 2.24) is 10.2 Å². The molecule has 1 saturated heterocycles. The summed E-state index contributed by atoms with van der Waals surface area (Å²) in [6, 6.07) is 16.4.